The van der Waals surface area contributed by atoms with Gasteiger partial charge in [0.1, 0.15) is 0 Å². The quantitative estimate of drug-likeness (QED) is 0.586. The number of amides is 2. The maximum absolute atomic E-state index is 13.2. The fourth-order valence-corrected chi connectivity index (χ4v) is 5.41. The highest BCUT2D eigenvalue weighted by atomic mass is 16.5. The Balaban J connectivity index is 1.41. The van der Waals surface area contributed by atoms with Crippen molar-refractivity contribution in [1.29, 1.82) is 0 Å². The Kier molecular flexibility index (Phi) is 10.8. The molecule has 0 aromatic heterocycles. The van der Waals surface area contributed by atoms with Gasteiger partial charge in [-0.05, 0) is 61.6 Å². The van der Waals surface area contributed by atoms with Crippen LogP contribution >= 0.6 is 0 Å². The van der Waals surface area contributed by atoms with Crippen LogP contribution in [0.15, 0.2) is 54.6 Å². The first-order valence-corrected chi connectivity index (χ1v) is 14.0. The number of hydrogen-bond donors (Lipinski definition) is 1. The van der Waals surface area contributed by atoms with E-state index in [2.05, 4.69) is 39.4 Å². The maximum Gasteiger partial charge on any atom is 0.246 e. The molecule has 2 fully saturated rings. The number of nitrogens with one attached hydrogen (secondary N) is 1. The minimum absolute atomic E-state index is 0.0197. The first-order chi connectivity index (χ1) is 19.1. The SMILES string of the molecule is COc1ccc(/C=C\C(=O)N2CCCCN3CCCN(C3)C(c3ccccc3)CC(=O)NCCC2)cc1OC. The van der Waals surface area contributed by atoms with E-state index < -0.39 is 0 Å². The summed E-state index contributed by atoms with van der Waals surface area (Å²) >= 11 is 0. The number of hydrogen-bond acceptors (Lipinski definition) is 6. The molecule has 3 atom stereocenters. The second-order valence-corrected chi connectivity index (χ2v) is 10.2. The average molecular weight is 535 g/mol. The van der Waals surface area contributed by atoms with Crippen molar-refractivity contribution in [2.24, 2.45) is 0 Å². The average Bonchev–Trinajstić information content (AvgIpc) is 2.98. The molecule has 2 bridgehead atoms. The van der Waals surface area contributed by atoms with Gasteiger partial charge in [0.05, 0.1) is 20.9 Å². The molecule has 4 rings (SSSR count). The highest BCUT2D eigenvalue weighted by molar-refractivity contribution is 5.91. The van der Waals surface area contributed by atoms with Crippen LogP contribution in [0.1, 0.15) is 49.3 Å². The Hall–Kier alpha value is -3.36. The second-order valence-electron chi connectivity index (χ2n) is 10.2. The molecule has 210 valence electrons. The number of ether oxygens (including phenoxy) is 2. The summed E-state index contributed by atoms with van der Waals surface area (Å²) in [5.41, 5.74) is 2.06. The molecule has 2 aromatic carbocycles. The zero-order valence-corrected chi connectivity index (χ0v) is 23.3. The smallest absolute Gasteiger partial charge is 0.246 e. The molecule has 2 heterocycles. The van der Waals surface area contributed by atoms with Crippen molar-refractivity contribution >= 4 is 17.9 Å². The van der Waals surface area contributed by atoms with Gasteiger partial charge in [-0.15, -0.1) is 0 Å². The number of carbonyl (C=O) groups excluding carboxylic acids is 2. The molecule has 0 saturated carbocycles. The lowest BCUT2D eigenvalue weighted by atomic mass is 10.0. The van der Waals surface area contributed by atoms with Crippen molar-refractivity contribution in [3.8, 4) is 11.5 Å². The molecule has 0 radical (unpaired) electrons. The van der Waals surface area contributed by atoms with Crippen molar-refractivity contribution in [1.82, 2.24) is 20.0 Å². The minimum atomic E-state index is -0.0197. The summed E-state index contributed by atoms with van der Waals surface area (Å²) in [6.07, 6.45) is 7.66. The summed E-state index contributed by atoms with van der Waals surface area (Å²) < 4.78 is 10.7. The molecule has 0 spiro atoms. The van der Waals surface area contributed by atoms with Gasteiger partial charge in [-0.1, -0.05) is 36.4 Å². The monoisotopic (exact) mass is 534 g/mol. The fourth-order valence-electron chi connectivity index (χ4n) is 5.41. The van der Waals surface area contributed by atoms with Crippen molar-refractivity contribution in [2.45, 2.75) is 38.1 Å². The number of nitrogens with zero attached hydrogens (tertiary/aromatic N) is 3. The highest BCUT2D eigenvalue weighted by Crippen LogP contribution is 2.28. The van der Waals surface area contributed by atoms with E-state index in [1.807, 2.05) is 35.2 Å². The van der Waals surface area contributed by atoms with E-state index in [1.165, 1.54) is 5.56 Å². The molecular weight excluding hydrogens is 492 g/mol. The molecule has 8 heteroatoms. The molecule has 2 aliphatic rings. The summed E-state index contributed by atoms with van der Waals surface area (Å²) in [4.78, 5) is 33.0. The normalized spacial score (nSPS) is 23.4. The molecule has 3 unspecified atom stereocenters. The Morgan fingerprint density at radius 2 is 1.64 bits per heavy atom. The van der Waals surface area contributed by atoms with Crippen LogP contribution in [0.25, 0.3) is 6.08 Å². The minimum Gasteiger partial charge on any atom is -0.493 e. The first-order valence-electron chi connectivity index (χ1n) is 14.0. The first kappa shape index (κ1) is 28.6. The van der Waals surface area contributed by atoms with Crippen LogP contribution in [0.5, 0.6) is 11.5 Å². The Bertz CT molecular complexity index is 1110. The molecule has 2 saturated heterocycles. The zero-order valence-electron chi connectivity index (χ0n) is 23.3. The van der Waals surface area contributed by atoms with Crippen LogP contribution in [0, 0.1) is 0 Å². The number of rotatable bonds is 5. The molecule has 8 nitrogen and oxygen atoms in total. The van der Waals surface area contributed by atoms with E-state index in [1.54, 1.807) is 20.3 Å². The lowest BCUT2D eigenvalue weighted by Gasteiger charge is -2.40. The highest BCUT2D eigenvalue weighted by Gasteiger charge is 2.27. The van der Waals surface area contributed by atoms with Gasteiger partial charge >= 0.3 is 0 Å². The Morgan fingerprint density at radius 1 is 0.897 bits per heavy atom. The summed E-state index contributed by atoms with van der Waals surface area (Å²) in [7, 11) is 3.20. The maximum atomic E-state index is 13.2. The zero-order chi connectivity index (χ0) is 27.5. The molecular formula is C31H42N4O4. The van der Waals surface area contributed by atoms with Gasteiger partial charge in [0.15, 0.2) is 11.5 Å². The molecule has 0 aliphatic carbocycles. The van der Waals surface area contributed by atoms with Crippen LogP contribution in [-0.4, -0.2) is 86.7 Å². The van der Waals surface area contributed by atoms with Crippen molar-refractivity contribution in [3.05, 3.63) is 65.7 Å². The Morgan fingerprint density at radius 3 is 2.44 bits per heavy atom. The standard InChI is InChI=1S/C31H42N4O4/c1-38-28-14-12-25(22-29(28)39-2)13-15-31(37)34-19-7-6-17-33-18-9-21-35(24-33)27(26-10-4-3-5-11-26)23-30(36)32-16-8-20-34/h3-5,10-15,22,27H,6-9,16-21,23-24H2,1-2H3,(H,32,36)/b15-13-. The summed E-state index contributed by atoms with van der Waals surface area (Å²) in [5.74, 6) is 1.32. The van der Waals surface area contributed by atoms with Gasteiger partial charge in [0.2, 0.25) is 11.8 Å². The van der Waals surface area contributed by atoms with Gasteiger partial charge in [-0.2, -0.15) is 0 Å². The lowest BCUT2D eigenvalue weighted by Crippen LogP contribution is -2.47. The molecule has 39 heavy (non-hydrogen) atoms. The lowest BCUT2D eigenvalue weighted by molar-refractivity contribution is -0.126. The largest absolute Gasteiger partial charge is 0.493 e. The van der Waals surface area contributed by atoms with Crippen LogP contribution in [0.4, 0.5) is 0 Å². The van der Waals surface area contributed by atoms with Gasteiger partial charge in [0.25, 0.3) is 0 Å². The number of benzene rings is 2. The van der Waals surface area contributed by atoms with Crippen LogP contribution in [0.3, 0.4) is 0 Å². The van der Waals surface area contributed by atoms with Crippen LogP contribution < -0.4 is 14.8 Å². The van der Waals surface area contributed by atoms with Crippen LogP contribution in [0.2, 0.25) is 0 Å². The predicted molar refractivity (Wildman–Crippen MR) is 154 cm³/mol. The van der Waals surface area contributed by atoms with Crippen molar-refractivity contribution in [2.75, 3.05) is 60.2 Å². The Labute approximate surface area is 232 Å². The van der Waals surface area contributed by atoms with Gasteiger partial charge < -0.3 is 19.7 Å². The van der Waals surface area contributed by atoms with Crippen LogP contribution in [-0.2, 0) is 9.59 Å². The van der Waals surface area contributed by atoms with Gasteiger partial charge in [0, 0.05) is 51.3 Å². The van der Waals surface area contributed by atoms with E-state index in [4.69, 9.17) is 9.47 Å². The third-order valence-corrected chi connectivity index (χ3v) is 7.52. The number of carbonyl (C=O) groups is 2. The summed E-state index contributed by atoms with van der Waals surface area (Å²) in [6.45, 7) is 5.78. The molecule has 2 amide bonds. The summed E-state index contributed by atoms with van der Waals surface area (Å²) in [6, 6.07) is 16.0. The fraction of sp³-hybridized carbons (Fsp3) is 0.484. The van der Waals surface area contributed by atoms with E-state index in [0.717, 1.165) is 51.1 Å². The molecule has 2 aromatic rings. The second kappa shape index (κ2) is 14.7. The third-order valence-electron chi connectivity index (χ3n) is 7.52. The van der Waals surface area contributed by atoms with Crippen molar-refractivity contribution < 1.29 is 19.1 Å². The van der Waals surface area contributed by atoms with E-state index >= 15 is 0 Å². The predicted octanol–water partition coefficient (Wildman–Crippen LogP) is 3.94. The van der Waals surface area contributed by atoms with E-state index in [9.17, 15) is 9.59 Å². The van der Waals surface area contributed by atoms with Gasteiger partial charge in [-0.25, -0.2) is 0 Å². The molecule has 2 aliphatic heterocycles. The number of methoxy groups -OCH3 is 2. The molecule has 1 N–H and O–H groups in total. The summed E-state index contributed by atoms with van der Waals surface area (Å²) in [5, 5.41) is 3.11. The van der Waals surface area contributed by atoms with Crippen molar-refractivity contribution in [3.63, 3.8) is 0 Å². The van der Waals surface area contributed by atoms with E-state index in [-0.39, 0.29) is 17.9 Å². The third kappa shape index (κ3) is 8.31. The number of fused-ring (bicyclic) bond motifs is 2. The van der Waals surface area contributed by atoms with E-state index in [0.29, 0.717) is 44.0 Å². The van der Waals surface area contributed by atoms with Gasteiger partial charge in [-0.3, -0.25) is 19.4 Å². The topological polar surface area (TPSA) is 74.4 Å².